The fourth-order valence-corrected chi connectivity index (χ4v) is 4.10. The number of carbonyl (C=O) groups is 2. The van der Waals surface area contributed by atoms with E-state index < -0.39 is 21.9 Å². The lowest BCUT2D eigenvalue weighted by molar-refractivity contribution is -0.126. The van der Waals surface area contributed by atoms with Gasteiger partial charge < -0.3 is 9.64 Å². The van der Waals surface area contributed by atoms with E-state index in [0.717, 1.165) is 30.0 Å². The molecule has 1 heterocycles. The molecule has 0 N–H and O–H groups in total. The number of carbonyl (C=O) groups excluding carboxylic acids is 2. The summed E-state index contributed by atoms with van der Waals surface area (Å²) in [4.78, 5) is 27.0. The largest absolute Gasteiger partial charge is 0.449 e. The van der Waals surface area contributed by atoms with Gasteiger partial charge in [0.2, 0.25) is 0 Å². The molecule has 8 heteroatoms. The summed E-state index contributed by atoms with van der Waals surface area (Å²) >= 11 is 6.03. The van der Waals surface area contributed by atoms with Gasteiger partial charge in [0, 0.05) is 18.0 Å². The minimum atomic E-state index is -3.52. The van der Waals surface area contributed by atoms with E-state index in [1.807, 2.05) is 31.2 Å². The van der Waals surface area contributed by atoms with Gasteiger partial charge in [0.25, 0.3) is 5.91 Å². The minimum absolute atomic E-state index is 0.0510. The highest BCUT2D eigenvalue weighted by Crippen LogP contribution is 2.32. The van der Waals surface area contributed by atoms with Crippen molar-refractivity contribution in [3.63, 3.8) is 0 Å². The molecule has 0 aliphatic carbocycles. The molecule has 1 amide bonds. The van der Waals surface area contributed by atoms with Crippen molar-refractivity contribution < 1.29 is 22.7 Å². The number of sulfone groups is 1. The third-order valence-corrected chi connectivity index (χ3v) is 6.10. The zero-order valence-electron chi connectivity index (χ0n) is 15.7. The molecule has 1 aliphatic rings. The fraction of sp³-hybridized carbons (Fsp3) is 0.300. The third kappa shape index (κ3) is 3.91. The summed E-state index contributed by atoms with van der Waals surface area (Å²) in [5.41, 5.74) is 1.77. The molecule has 0 bridgehead atoms. The standard InChI is InChI=1S/C20H20ClNO5S/c1-12-10-14-6-4-5-7-18(14)22(12)19(23)13(2)27-20(24)16-11-15(28(3,25)26)8-9-17(16)21/h4-9,11-13H,10H2,1-3H3/t12-,13+/m1/s1. The maximum Gasteiger partial charge on any atom is 0.340 e. The Labute approximate surface area is 169 Å². The number of esters is 1. The Morgan fingerprint density at radius 2 is 1.89 bits per heavy atom. The van der Waals surface area contributed by atoms with Crippen LogP contribution >= 0.6 is 11.6 Å². The van der Waals surface area contributed by atoms with Gasteiger partial charge in [-0.15, -0.1) is 0 Å². The lowest BCUT2D eigenvalue weighted by atomic mass is 10.1. The Kier molecular flexibility index (Phi) is 5.50. The normalized spacial score (nSPS) is 17.1. The lowest BCUT2D eigenvalue weighted by Crippen LogP contribution is -2.43. The molecule has 6 nitrogen and oxygen atoms in total. The lowest BCUT2D eigenvalue weighted by Gasteiger charge is -2.26. The minimum Gasteiger partial charge on any atom is -0.449 e. The van der Waals surface area contributed by atoms with Crippen LogP contribution in [-0.2, 0) is 25.8 Å². The van der Waals surface area contributed by atoms with Gasteiger partial charge in [-0.1, -0.05) is 29.8 Å². The molecular formula is C20H20ClNO5S. The molecule has 0 saturated carbocycles. The van der Waals surface area contributed by atoms with Crippen LogP contribution in [0.1, 0.15) is 29.8 Å². The second-order valence-corrected chi connectivity index (χ2v) is 9.27. The van der Waals surface area contributed by atoms with Crippen LogP contribution < -0.4 is 4.90 Å². The summed E-state index contributed by atoms with van der Waals surface area (Å²) in [6.07, 6.45) is 0.702. The fourth-order valence-electron chi connectivity index (χ4n) is 3.26. The smallest absolute Gasteiger partial charge is 0.340 e. The number of nitrogens with zero attached hydrogens (tertiary/aromatic N) is 1. The highest BCUT2D eigenvalue weighted by molar-refractivity contribution is 7.90. The van der Waals surface area contributed by atoms with Crippen LogP contribution in [0.3, 0.4) is 0 Å². The number of hydrogen-bond donors (Lipinski definition) is 0. The first-order chi connectivity index (χ1) is 13.1. The van der Waals surface area contributed by atoms with Crippen molar-refractivity contribution in [3.8, 4) is 0 Å². The average molecular weight is 422 g/mol. The van der Waals surface area contributed by atoms with E-state index in [9.17, 15) is 18.0 Å². The quantitative estimate of drug-likeness (QED) is 0.708. The van der Waals surface area contributed by atoms with Gasteiger partial charge in [0.05, 0.1) is 15.5 Å². The molecule has 1 aliphatic heterocycles. The molecule has 2 aromatic carbocycles. The number of ether oxygens (including phenoxy) is 1. The number of benzene rings is 2. The van der Waals surface area contributed by atoms with Gasteiger partial charge in [-0.2, -0.15) is 0 Å². The summed E-state index contributed by atoms with van der Waals surface area (Å²) in [6.45, 7) is 3.42. The molecule has 0 fully saturated rings. The number of para-hydroxylation sites is 1. The Morgan fingerprint density at radius 1 is 1.21 bits per heavy atom. The SMILES string of the molecule is C[C@H](OC(=O)c1cc(S(C)(=O)=O)ccc1Cl)C(=O)N1c2ccccc2C[C@H]1C. The maximum absolute atomic E-state index is 12.9. The third-order valence-electron chi connectivity index (χ3n) is 4.66. The Bertz CT molecular complexity index is 1050. The molecule has 0 aromatic heterocycles. The summed E-state index contributed by atoms with van der Waals surface area (Å²) < 4.78 is 28.8. The van der Waals surface area contributed by atoms with Crippen molar-refractivity contribution in [2.45, 2.75) is 37.3 Å². The van der Waals surface area contributed by atoms with E-state index >= 15 is 0 Å². The van der Waals surface area contributed by atoms with Crippen molar-refractivity contribution in [2.24, 2.45) is 0 Å². The zero-order valence-corrected chi connectivity index (χ0v) is 17.3. The summed E-state index contributed by atoms with van der Waals surface area (Å²) in [6, 6.07) is 11.3. The molecule has 2 aromatic rings. The molecule has 0 saturated heterocycles. The zero-order chi connectivity index (χ0) is 20.6. The van der Waals surface area contributed by atoms with E-state index in [2.05, 4.69) is 0 Å². The maximum atomic E-state index is 12.9. The topological polar surface area (TPSA) is 80.8 Å². The van der Waals surface area contributed by atoms with Crippen molar-refractivity contribution in [1.29, 1.82) is 0 Å². The first-order valence-electron chi connectivity index (χ1n) is 8.71. The summed E-state index contributed by atoms with van der Waals surface area (Å²) in [5.74, 6) is -1.20. The Morgan fingerprint density at radius 3 is 2.57 bits per heavy atom. The van der Waals surface area contributed by atoms with E-state index in [4.69, 9.17) is 16.3 Å². The van der Waals surface area contributed by atoms with Crippen LogP contribution in [0.4, 0.5) is 5.69 Å². The predicted molar refractivity (Wildman–Crippen MR) is 107 cm³/mol. The van der Waals surface area contributed by atoms with Crippen molar-refractivity contribution in [3.05, 3.63) is 58.6 Å². The molecule has 2 atom stereocenters. The number of halogens is 1. The molecule has 0 radical (unpaired) electrons. The summed E-state index contributed by atoms with van der Waals surface area (Å²) in [5, 5.41) is 0.0527. The van der Waals surface area contributed by atoms with Crippen LogP contribution in [0.2, 0.25) is 5.02 Å². The summed E-state index contributed by atoms with van der Waals surface area (Å²) in [7, 11) is -3.52. The average Bonchev–Trinajstić information content (AvgIpc) is 2.95. The van der Waals surface area contributed by atoms with Gasteiger partial charge in [-0.05, 0) is 50.1 Å². The van der Waals surface area contributed by atoms with Crippen LogP contribution in [-0.4, -0.2) is 38.7 Å². The number of amides is 1. The van der Waals surface area contributed by atoms with Crippen LogP contribution in [0, 0.1) is 0 Å². The van der Waals surface area contributed by atoms with E-state index in [1.165, 1.54) is 19.1 Å². The molecule has 3 rings (SSSR count). The van der Waals surface area contributed by atoms with Gasteiger partial charge in [-0.25, -0.2) is 13.2 Å². The molecule has 0 unspecified atom stereocenters. The van der Waals surface area contributed by atoms with E-state index in [1.54, 1.807) is 4.90 Å². The predicted octanol–water partition coefficient (Wildman–Crippen LogP) is 3.27. The molecular weight excluding hydrogens is 402 g/mol. The molecule has 0 spiro atoms. The Balaban J connectivity index is 1.81. The van der Waals surface area contributed by atoms with E-state index in [-0.39, 0.29) is 27.4 Å². The number of fused-ring (bicyclic) bond motifs is 1. The molecule has 28 heavy (non-hydrogen) atoms. The second kappa shape index (κ2) is 7.56. The Hall–Kier alpha value is -2.38. The molecule has 148 valence electrons. The van der Waals surface area contributed by atoms with Crippen molar-refractivity contribution in [2.75, 3.05) is 11.2 Å². The van der Waals surface area contributed by atoms with Crippen LogP contribution in [0.5, 0.6) is 0 Å². The van der Waals surface area contributed by atoms with Crippen molar-refractivity contribution >= 4 is 39.0 Å². The highest BCUT2D eigenvalue weighted by Gasteiger charge is 2.34. The van der Waals surface area contributed by atoms with Gasteiger partial charge in [0.1, 0.15) is 0 Å². The second-order valence-electron chi connectivity index (χ2n) is 6.85. The number of rotatable bonds is 4. The highest BCUT2D eigenvalue weighted by atomic mass is 35.5. The first-order valence-corrected chi connectivity index (χ1v) is 11.0. The van der Waals surface area contributed by atoms with Gasteiger partial charge in [-0.3, -0.25) is 4.79 Å². The van der Waals surface area contributed by atoms with Gasteiger partial charge in [0.15, 0.2) is 15.9 Å². The van der Waals surface area contributed by atoms with Crippen molar-refractivity contribution in [1.82, 2.24) is 0 Å². The first kappa shape index (κ1) is 20.4. The van der Waals surface area contributed by atoms with Gasteiger partial charge >= 0.3 is 5.97 Å². The monoisotopic (exact) mass is 421 g/mol. The number of hydrogen-bond acceptors (Lipinski definition) is 5. The van der Waals surface area contributed by atoms with E-state index in [0.29, 0.717) is 0 Å². The van der Waals surface area contributed by atoms with Crippen LogP contribution in [0.25, 0.3) is 0 Å². The van der Waals surface area contributed by atoms with Crippen LogP contribution in [0.15, 0.2) is 47.4 Å². The number of anilines is 1.